The summed E-state index contributed by atoms with van der Waals surface area (Å²) in [6, 6.07) is 3.63. The van der Waals surface area contributed by atoms with Gasteiger partial charge in [-0.3, -0.25) is 0 Å². The molecule has 0 aliphatic heterocycles. The fourth-order valence-electron chi connectivity index (χ4n) is 2.08. The number of hydrogen-bond donors (Lipinski definition) is 3. The summed E-state index contributed by atoms with van der Waals surface area (Å²) in [5.41, 5.74) is 11.7. The third-order valence-corrected chi connectivity index (χ3v) is 3.74. The molecule has 7 heteroatoms. The van der Waals surface area contributed by atoms with E-state index in [0.29, 0.717) is 0 Å². The zero-order chi connectivity index (χ0) is 15.7. The molecule has 2 atom stereocenters. The molecule has 0 aliphatic carbocycles. The standard InChI is InChI=1S/C14H12Cl2F2N2O/c15-7-4-6(21)5-8(16)11(7)13(19)14(20)12-9(17)2-1-3-10(12)18/h1-5,13-14,21H,19-20H2. The third kappa shape index (κ3) is 3.11. The van der Waals surface area contributed by atoms with Crippen molar-refractivity contribution >= 4 is 23.2 Å². The van der Waals surface area contributed by atoms with Crippen molar-refractivity contribution in [3.05, 3.63) is 63.1 Å². The van der Waals surface area contributed by atoms with Crippen LogP contribution in [-0.4, -0.2) is 5.11 Å². The van der Waals surface area contributed by atoms with Gasteiger partial charge in [0.15, 0.2) is 0 Å². The van der Waals surface area contributed by atoms with Crippen molar-refractivity contribution in [2.75, 3.05) is 0 Å². The normalized spacial score (nSPS) is 14.0. The summed E-state index contributed by atoms with van der Waals surface area (Å²) in [5, 5.41) is 9.52. The van der Waals surface area contributed by atoms with E-state index in [2.05, 4.69) is 0 Å². The van der Waals surface area contributed by atoms with Gasteiger partial charge in [0, 0.05) is 11.1 Å². The van der Waals surface area contributed by atoms with E-state index >= 15 is 0 Å². The predicted octanol–water partition coefficient (Wildman–Crippen LogP) is 3.68. The van der Waals surface area contributed by atoms with E-state index in [1.165, 1.54) is 18.2 Å². The summed E-state index contributed by atoms with van der Waals surface area (Å²) in [5.74, 6) is -1.75. The first-order valence-electron chi connectivity index (χ1n) is 5.96. The number of halogens is 4. The Kier molecular flexibility index (Phi) is 4.68. The molecular weight excluding hydrogens is 321 g/mol. The maximum Gasteiger partial charge on any atom is 0.130 e. The molecule has 5 N–H and O–H groups in total. The van der Waals surface area contributed by atoms with Gasteiger partial charge >= 0.3 is 0 Å². The molecule has 0 saturated carbocycles. The van der Waals surface area contributed by atoms with Crippen LogP contribution in [0.1, 0.15) is 23.2 Å². The highest BCUT2D eigenvalue weighted by Gasteiger charge is 2.27. The van der Waals surface area contributed by atoms with Crippen molar-refractivity contribution in [2.45, 2.75) is 12.1 Å². The second kappa shape index (κ2) is 6.15. The Bertz CT molecular complexity index is 639. The Morgan fingerprint density at radius 2 is 1.33 bits per heavy atom. The number of nitrogens with two attached hydrogens (primary N) is 2. The van der Waals surface area contributed by atoms with E-state index in [9.17, 15) is 13.9 Å². The predicted molar refractivity (Wildman–Crippen MR) is 78.3 cm³/mol. The van der Waals surface area contributed by atoms with Crippen molar-refractivity contribution in [3.8, 4) is 5.75 Å². The van der Waals surface area contributed by atoms with Gasteiger partial charge in [-0.25, -0.2) is 8.78 Å². The molecule has 2 aromatic carbocycles. The summed E-state index contributed by atoms with van der Waals surface area (Å²) in [7, 11) is 0. The van der Waals surface area contributed by atoms with Crippen molar-refractivity contribution in [1.82, 2.24) is 0 Å². The monoisotopic (exact) mass is 332 g/mol. The molecule has 2 rings (SSSR count). The highest BCUT2D eigenvalue weighted by molar-refractivity contribution is 6.36. The van der Waals surface area contributed by atoms with E-state index in [0.717, 1.165) is 12.1 Å². The third-order valence-electron chi connectivity index (χ3n) is 3.12. The number of benzene rings is 2. The topological polar surface area (TPSA) is 72.3 Å². The Hall–Kier alpha value is -1.40. The van der Waals surface area contributed by atoms with Crippen LogP contribution in [0.3, 0.4) is 0 Å². The first-order chi connectivity index (χ1) is 9.82. The maximum absolute atomic E-state index is 13.8. The fourth-order valence-corrected chi connectivity index (χ4v) is 2.81. The zero-order valence-electron chi connectivity index (χ0n) is 10.7. The van der Waals surface area contributed by atoms with E-state index < -0.39 is 23.7 Å². The maximum atomic E-state index is 13.8. The number of aromatic hydroxyl groups is 1. The minimum atomic E-state index is -1.19. The average molecular weight is 333 g/mol. The molecule has 0 bridgehead atoms. The molecule has 0 aliphatic rings. The first kappa shape index (κ1) is 16.0. The number of hydrogen-bond acceptors (Lipinski definition) is 3. The minimum Gasteiger partial charge on any atom is -0.508 e. The van der Waals surface area contributed by atoms with Crippen LogP contribution in [0.5, 0.6) is 5.75 Å². The lowest BCUT2D eigenvalue weighted by Gasteiger charge is -2.23. The van der Waals surface area contributed by atoms with Crippen LogP contribution in [0.4, 0.5) is 8.78 Å². The molecule has 0 fully saturated rings. The van der Waals surface area contributed by atoms with Crippen LogP contribution in [0, 0.1) is 11.6 Å². The van der Waals surface area contributed by atoms with Crippen LogP contribution < -0.4 is 11.5 Å². The summed E-state index contributed by atoms with van der Waals surface area (Å²) < 4.78 is 27.5. The van der Waals surface area contributed by atoms with Crippen molar-refractivity contribution < 1.29 is 13.9 Å². The second-order valence-electron chi connectivity index (χ2n) is 4.51. The second-order valence-corrected chi connectivity index (χ2v) is 5.32. The smallest absolute Gasteiger partial charge is 0.130 e. The fraction of sp³-hybridized carbons (Fsp3) is 0.143. The van der Waals surface area contributed by atoms with Crippen molar-refractivity contribution in [1.29, 1.82) is 0 Å². The van der Waals surface area contributed by atoms with Gasteiger partial charge in [0.05, 0.1) is 22.1 Å². The summed E-state index contributed by atoms with van der Waals surface area (Å²) in [6.07, 6.45) is 0. The molecule has 2 unspecified atom stereocenters. The molecule has 0 radical (unpaired) electrons. The van der Waals surface area contributed by atoms with E-state index in [4.69, 9.17) is 34.7 Å². The molecule has 3 nitrogen and oxygen atoms in total. The van der Waals surface area contributed by atoms with Gasteiger partial charge in [0.25, 0.3) is 0 Å². The molecule has 0 saturated heterocycles. The molecule has 21 heavy (non-hydrogen) atoms. The minimum absolute atomic E-state index is 0.0692. The van der Waals surface area contributed by atoms with Crippen molar-refractivity contribution in [2.24, 2.45) is 11.5 Å². The SMILES string of the molecule is NC(c1c(F)cccc1F)C(N)c1c(Cl)cc(O)cc1Cl. The highest BCUT2D eigenvalue weighted by atomic mass is 35.5. The Morgan fingerprint density at radius 1 is 0.905 bits per heavy atom. The quantitative estimate of drug-likeness (QED) is 0.802. The van der Waals surface area contributed by atoms with Gasteiger partial charge in [-0.05, 0) is 24.3 Å². The lowest BCUT2D eigenvalue weighted by atomic mass is 9.94. The number of phenolic OH excluding ortho intramolecular Hbond substituents is 1. The molecule has 2 aromatic rings. The molecule has 0 heterocycles. The Labute approximate surface area is 130 Å². The largest absolute Gasteiger partial charge is 0.508 e. The van der Waals surface area contributed by atoms with Crippen LogP contribution in [0.25, 0.3) is 0 Å². The van der Waals surface area contributed by atoms with Crippen molar-refractivity contribution in [3.63, 3.8) is 0 Å². The summed E-state index contributed by atoms with van der Waals surface area (Å²) >= 11 is 11.9. The Morgan fingerprint density at radius 3 is 1.81 bits per heavy atom. The van der Waals surface area contributed by atoms with Gasteiger partial charge in [-0.15, -0.1) is 0 Å². The first-order valence-corrected chi connectivity index (χ1v) is 6.71. The molecule has 0 aromatic heterocycles. The van der Waals surface area contributed by atoms with E-state index in [1.54, 1.807) is 0 Å². The summed E-state index contributed by atoms with van der Waals surface area (Å²) in [6.45, 7) is 0. The number of rotatable bonds is 3. The molecular formula is C14H12Cl2F2N2O. The number of phenols is 1. The average Bonchev–Trinajstić information content (AvgIpc) is 2.36. The van der Waals surface area contributed by atoms with Gasteiger partial charge in [-0.2, -0.15) is 0 Å². The van der Waals surface area contributed by atoms with Gasteiger partial charge < -0.3 is 16.6 Å². The lowest BCUT2D eigenvalue weighted by molar-refractivity contribution is 0.471. The van der Waals surface area contributed by atoms with Gasteiger partial charge in [-0.1, -0.05) is 29.3 Å². The van der Waals surface area contributed by atoms with Gasteiger partial charge in [0.1, 0.15) is 17.4 Å². The Balaban J connectivity index is 2.47. The van der Waals surface area contributed by atoms with Crippen LogP contribution in [0.15, 0.2) is 30.3 Å². The van der Waals surface area contributed by atoms with Crippen LogP contribution in [0.2, 0.25) is 10.0 Å². The molecule has 0 spiro atoms. The molecule has 112 valence electrons. The molecule has 0 amide bonds. The zero-order valence-corrected chi connectivity index (χ0v) is 12.2. The van der Waals surface area contributed by atoms with E-state index in [-0.39, 0.29) is 26.9 Å². The van der Waals surface area contributed by atoms with Crippen LogP contribution in [-0.2, 0) is 0 Å². The van der Waals surface area contributed by atoms with Crippen LogP contribution >= 0.6 is 23.2 Å². The summed E-state index contributed by atoms with van der Waals surface area (Å²) in [4.78, 5) is 0. The van der Waals surface area contributed by atoms with E-state index in [1.807, 2.05) is 0 Å². The van der Waals surface area contributed by atoms with Gasteiger partial charge in [0.2, 0.25) is 0 Å². The lowest BCUT2D eigenvalue weighted by Crippen LogP contribution is -2.28. The highest BCUT2D eigenvalue weighted by Crippen LogP contribution is 2.38.